The first-order chi connectivity index (χ1) is 9.54. The zero-order chi connectivity index (χ0) is 16.4. The molecule has 0 aliphatic rings. The molecule has 0 bridgehead atoms. The average Bonchev–Trinajstić information content (AvgIpc) is 2.30. The third-order valence-electron chi connectivity index (χ3n) is 2.55. The molecule has 0 radical (unpaired) electrons. The highest BCUT2D eigenvalue weighted by atomic mass is 19.4. The molecule has 1 atom stereocenters. The van der Waals surface area contributed by atoms with Gasteiger partial charge in [0.05, 0.1) is 11.0 Å². The predicted molar refractivity (Wildman–Crippen MR) is 60.5 cm³/mol. The molecule has 21 heavy (non-hydrogen) atoms. The summed E-state index contributed by atoms with van der Waals surface area (Å²) >= 11 is 0. The first-order valence-corrected chi connectivity index (χ1v) is 5.41. The monoisotopic (exact) mass is 311 g/mol. The maximum absolute atomic E-state index is 13.5. The van der Waals surface area contributed by atoms with Crippen molar-refractivity contribution in [3.63, 3.8) is 0 Å². The van der Waals surface area contributed by atoms with Crippen LogP contribution in [0.15, 0.2) is 12.1 Å². The summed E-state index contributed by atoms with van der Waals surface area (Å²) in [6, 6.07) is 1.33. The number of aryl methyl sites for hydroxylation is 1. The van der Waals surface area contributed by atoms with Crippen LogP contribution in [0.3, 0.4) is 0 Å². The number of nitrogens with zero attached hydrogens (tertiary/aromatic N) is 1. The van der Waals surface area contributed by atoms with Crippen molar-refractivity contribution in [2.24, 2.45) is 5.92 Å². The fraction of sp³-hybridized carbons (Fsp3) is 0.364. The Labute approximate surface area is 115 Å². The maximum atomic E-state index is 13.5. The summed E-state index contributed by atoms with van der Waals surface area (Å²) in [7, 11) is 0. The van der Waals surface area contributed by atoms with E-state index >= 15 is 0 Å². The van der Waals surface area contributed by atoms with E-state index in [9.17, 15) is 32.5 Å². The van der Waals surface area contributed by atoms with Crippen molar-refractivity contribution in [3.05, 3.63) is 33.6 Å². The third-order valence-corrected chi connectivity index (χ3v) is 2.55. The Bertz CT molecular complexity index is 572. The van der Waals surface area contributed by atoms with Crippen molar-refractivity contribution in [1.29, 1.82) is 0 Å². The van der Waals surface area contributed by atoms with Gasteiger partial charge in [-0.1, -0.05) is 0 Å². The Balaban J connectivity index is 2.96. The van der Waals surface area contributed by atoms with E-state index in [1.807, 2.05) is 0 Å². The van der Waals surface area contributed by atoms with E-state index in [0.29, 0.717) is 6.07 Å². The van der Waals surface area contributed by atoms with Crippen LogP contribution >= 0.6 is 0 Å². The number of hydrogen-bond donors (Lipinski definition) is 1. The fourth-order valence-corrected chi connectivity index (χ4v) is 1.43. The number of carbonyl (C=O) groups is 1. The molecule has 10 heteroatoms. The van der Waals surface area contributed by atoms with Crippen LogP contribution in [0.25, 0.3) is 0 Å². The summed E-state index contributed by atoms with van der Waals surface area (Å²) in [4.78, 5) is 20.2. The van der Waals surface area contributed by atoms with Crippen LogP contribution in [0.1, 0.15) is 5.56 Å². The summed E-state index contributed by atoms with van der Waals surface area (Å²) in [5.41, 5.74) is -0.597. The van der Waals surface area contributed by atoms with Gasteiger partial charge in [0, 0.05) is 5.56 Å². The van der Waals surface area contributed by atoms with Gasteiger partial charge in [-0.2, -0.15) is 13.2 Å². The number of alkyl halides is 3. The number of carboxylic acid groups (broad SMARTS) is 1. The predicted octanol–water partition coefficient (Wildman–Crippen LogP) is 2.68. The molecule has 0 fully saturated rings. The third kappa shape index (κ3) is 4.04. The molecule has 6 nitrogen and oxygen atoms in total. The van der Waals surface area contributed by atoms with Crippen molar-refractivity contribution >= 4 is 11.7 Å². The zero-order valence-corrected chi connectivity index (χ0v) is 10.5. The standard InChI is InChI=1S/C11H9F4NO5/c1-5-2-9(7(12)3-8(5)16(19)20)21-4-6(10(17)18)11(13,14)15/h2-3,6H,4H2,1H3,(H,17,18). The summed E-state index contributed by atoms with van der Waals surface area (Å²) in [6.45, 7) is -0.101. The lowest BCUT2D eigenvalue weighted by atomic mass is 10.1. The largest absolute Gasteiger partial charge is 0.489 e. The molecule has 1 unspecified atom stereocenters. The average molecular weight is 311 g/mol. The quantitative estimate of drug-likeness (QED) is 0.513. The number of rotatable bonds is 5. The van der Waals surface area contributed by atoms with E-state index in [1.165, 1.54) is 6.92 Å². The number of hydrogen-bond acceptors (Lipinski definition) is 4. The van der Waals surface area contributed by atoms with E-state index in [4.69, 9.17) is 5.11 Å². The van der Waals surface area contributed by atoms with Crippen molar-refractivity contribution in [3.8, 4) is 5.75 Å². The van der Waals surface area contributed by atoms with Crippen LogP contribution in [0.4, 0.5) is 23.2 Å². The Hall–Kier alpha value is -2.39. The number of halogens is 4. The highest BCUT2D eigenvalue weighted by molar-refractivity contribution is 5.71. The topological polar surface area (TPSA) is 89.7 Å². The number of nitro groups is 1. The first kappa shape index (κ1) is 16.7. The van der Waals surface area contributed by atoms with Gasteiger partial charge < -0.3 is 9.84 Å². The lowest BCUT2D eigenvalue weighted by Gasteiger charge is -2.17. The number of aliphatic carboxylic acids is 1. The van der Waals surface area contributed by atoms with Crippen molar-refractivity contribution in [1.82, 2.24) is 0 Å². The second kappa shape index (κ2) is 5.94. The van der Waals surface area contributed by atoms with Crippen LogP contribution in [0, 0.1) is 28.8 Å². The van der Waals surface area contributed by atoms with Crippen molar-refractivity contribution in [2.75, 3.05) is 6.61 Å². The smallest absolute Gasteiger partial charge is 0.405 e. The van der Waals surface area contributed by atoms with Gasteiger partial charge in [0.15, 0.2) is 17.5 Å². The summed E-state index contributed by atoms with van der Waals surface area (Å²) in [5, 5.41) is 19.0. The van der Waals surface area contributed by atoms with Crippen LogP contribution in [-0.4, -0.2) is 28.8 Å². The first-order valence-electron chi connectivity index (χ1n) is 5.41. The Morgan fingerprint density at radius 3 is 2.48 bits per heavy atom. The second-order valence-corrected chi connectivity index (χ2v) is 4.07. The van der Waals surface area contributed by atoms with Crippen LogP contribution in [0.5, 0.6) is 5.75 Å². The van der Waals surface area contributed by atoms with E-state index in [-0.39, 0.29) is 5.56 Å². The SMILES string of the molecule is Cc1cc(OCC(C(=O)O)C(F)(F)F)c(F)cc1[N+](=O)[O-]. The summed E-state index contributed by atoms with van der Waals surface area (Å²) in [5.74, 6) is -6.93. The minimum atomic E-state index is -5.06. The molecule has 1 aromatic rings. The lowest BCUT2D eigenvalue weighted by molar-refractivity contribution is -0.385. The molecule has 0 saturated carbocycles. The summed E-state index contributed by atoms with van der Waals surface area (Å²) < 4.78 is 55.1. The van der Waals surface area contributed by atoms with Crippen molar-refractivity contribution < 1.29 is 37.1 Å². The molecule has 0 aliphatic carbocycles. The minimum absolute atomic E-state index is 0.0321. The van der Waals surface area contributed by atoms with Crippen LogP contribution in [0.2, 0.25) is 0 Å². The minimum Gasteiger partial charge on any atom is -0.489 e. The Morgan fingerprint density at radius 2 is 2.05 bits per heavy atom. The molecule has 0 aliphatic heterocycles. The van der Waals surface area contributed by atoms with Gasteiger partial charge in [-0.3, -0.25) is 14.9 Å². The molecule has 1 rings (SSSR count). The van der Waals surface area contributed by atoms with E-state index < -0.39 is 46.8 Å². The molecule has 0 saturated heterocycles. The van der Waals surface area contributed by atoms with Gasteiger partial charge in [-0.15, -0.1) is 0 Å². The molecule has 0 amide bonds. The van der Waals surface area contributed by atoms with Gasteiger partial charge in [0.2, 0.25) is 0 Å². The van der Waals surface area contributed by atoms with Gasteiger partial charge in [-0.25, -0.2) is 4.39 Å². The van der Waals surface area contributed by atoms with Gasteiger partial charge in [-0.05, 0) is 13.0 Å². The van der Waals surface area contributed by atoms with E-state index in [0.717, 1.165) is 6.07 Å². The normalized spacial score (nSPS) is 12.8. The molecule has 116 valence electrons. The molecule has 0 heterocycles. The molecule has 1 aromatic carbocycles. The van der Waals surface area contributed by atoms with Crippen molar-refractivity contribution in [2.45, 2.75) is 13.1 Å². The zero-order valence-electron chi connectivity index (χ0n) is 10.5. The van der Waals surface area contributed by atoms with E-state index in [2.05, 4.69) is 4.74 Å². The highest BCUT2D eigenvalue weighted by Gasteiger charge is 2.45. The number of nitro benzene ring substituents is 1. The molecule has 1 N–H and O–H groups in total. The second-order valence-electron chi connectivity index (χ2n) is 4.07. The van der Waals surface area contributed by atoms with Crippen LogP contribution < -0.4 is 4.74 Å². The number of ether oxygens (including phenoxy) is 1. The van der Waals surface area contributed by atoms with Gasteiger partial charge >= 0.3 is 12.1 Å². The van der Waals surface area contributed by atoms with Gasteiger partial charge in [0.25, 0.3) is 5.69 Å². The fourth-order valence-electron chi connectivity index (χ4n) is 1.43. The Kier molecular flexibility index (Phi) is 4.71. The highest BCUT2D eigenvalue weighted by Crippen LogP contribution is 2.30. The summed E-state index contributed by atoms with van der Waals surface area (Å²) in [6.07, 6.45) is -5.06. The molecular formula is C11H9F4NO5. The van der Waals surface area contributed by atoms with Crippen LogP contribution in [-0.2, 0) is 4.79 Å². The molecule has 0 aromatic heterocycles. The Morgan fingerprint density at radius 1 is 1.48 bits per heavy atom. The molecule has 0 spiro atoms. The van der Waals surface area contributed by atoms with E-state index in [1.54, 1.807) is 0 Å². The van der Waals surface area contributed by atoms with Gasteiger partial charge in [0.1, 0.15) is 6.61 Å². The number of benzene rings is 1. The number of carboxylic acids is 1. The molecular weight excluding hydrogens is 302 g/mol. The lowest BCUT2D eigenvalue weighted by Crippen LogP contribution is -2.35. The maximum Gasteiger partial charge on any atom is 0.405 e.